The van der Waals surface area contributed by atoms with Gasteiger partial charge in [-0.1, -0.05) is 11.6 Å². The first-order chi connectivity index (χ1) is 10.6. The standard InChI is InChI=1S/C16H22ClN3O2/c1-19-6-8-20(9-7-19)14-5-4-12(17)11-13(14)18-16(21)15-3-2-10-22-15/h4-5,11,15H,2-3,6-10H2,1H3,(H,18,21). The molecular weight excluding hydrogens is 302 g/mol. The van der Waals surface area contributed by atoms with Gasteiger partial charge >= 0.3 is 0 Å². The predicted molar refractivity (Wildman–Crippen MR) is 88.8 cm³/mol. The molecule has 120 valence electrons. The first-order valence-electron chi connectivity index (χ1n) is 7.79. The number of hydrogen-bond acceptors (Lipinski definition) is 4. The van der Waals surface area contributed by atoms with Crippen LogP contribution in [-0.4, -0.2) is 56.7 Å². The van der Waals surface area contributed by atoms with Gasteiger partial charge in [0.25, 0.3) is 5.91 Å². The Kier molecular flexibility index (Phi) is 4.86. The molecule has 2 aliphatic rings. The molecule has 0 spiro atoms. The molecule has 0 aliphatic carbocycles. The molecule has 2 aliphatic heterocycles. The summed E-state index contributed by atoms with van der Waals surface area (Å²) in [5.41, 5.74) is 1.81. The van der Waals surface area contributed by atoms with Gasteiger partial charge in [-0.05, 0) is 38.1 Å². The van der Waals surface area contributed by atoms with Gasteiger partial charge in [0.2, 0.25) is 0 Å². The number of ether oxygens (including phenoxy) is 1. The van der Waals surface area contributed by atoms with Crippen molar-refractivity contribution >= 4 is 28.9 Å². The number of likely N-dealkylation sites (N-methyl/N-ethyl adjacent to an activating group) is 1. The highest BCUT2D eigenvalue weighted by Gasteiger charge is 2.25. The number of anilines is 2. The van der Waals surface area contributed by atoms with Crippen LogP contribution in [0.1, 0.15) is 12.8 Å². The third kappa shape index (κ3) is 3.54. The summed E-state index contributed by atoms with van der Waals surface area (Å²) in [7, 11) is 2.12. The fourth-order valence-corrected chi connectivity index (χ4v) is 3.10. The Morgan fingerprint density at radius 2 is 2.09 bits per heavy atom. The van der Waals surface area contributed by atoms with Crippen molar-refractivity contribution in [3.63, 3.8) is 0 Å². The van der Waals surface area contributed by atoms with E-state index in [2.05, 4.69) is 22.2 Å². The second-order valence-electron chi connectivity index (χ2n) is 5.94. The SMILES string of the molecule is CN1CCN(c2ccc(Cl)cc2NC(=O)C2CCCO2)CC1. The highest BCUT2D eigenvalue weighted by Crippen LogP contribution is 2.30. The molecule has 2 fully saturated rings. The summed E-state index contributed by atoms with van der Waals surface area (Å²) in [5.74, 6) is -0.0739. The maximum atomic E-state index is 12.3. The van der Waals surface area contributed by atoms with Crippen LogP contribution >= 0.6 is 11.6 Å². The van der Waals surface area contributed by atoms with Gasteiger partial charge in [-0.25, -0.2) is 0 Å². The van der Waals surface area contributed by atoms with E-state index in [9.17, 15) is 4.79 Å². The number of hydrogen-bond donors (Lipinski definition) is 1. The molecule has 1 unspecified atom stereocenters. The number of halogens is 1. The van der Waals surface area contributed by atoms with Crippen molar-refractivity contribution in [2.75, 3.05) is 50.1 Å². The largest absolute Gasteiger partial charge is 0.368 e. The minimum Gasteiger partial charge on any atom is -0.368 e. The van der Waals surface area contributed by atoms with Crippen LogP contribution in [0.25, 0.3) is 0 Å². The van der Waals surface area contributed by atoms with E-state index in [0.717, 1.165) is 50.4 Å². The number of carbonyl (C=O) groups is 1. The van der Waals surface area contributed by atoms with Gasteiger partial charge in [-0.3, -0.25) is 4.79 Å². The molecule has 1 aromatic rings. The summed E-state index contributed by atoms with van der Waals surface area (Å²) in [6.07, 6.45) is 1.40. The zero-order valence-electron chi connectivity index (χ0n) is 12.8. The summed E-state index contributed by atoms with van der Waals surface area (Å²) < 4.78 is 5.45. The van der Waals surface area contributed by atoms with Crippen LogP contribution in [-0.2, 0) is 9.53 Å². The molecule has 1 amide bonds. The lowest BCUT2D eigenvalue weighted by Crippen LogP contribution is -2.44. The molecule has 1 aromatic carbocycles. The van der Waals surface area contributed by atoms with Crippen molar-refractivity contribution in [3.8, 4) is 0 Å². The molecule has 0 bridgehead atoms. The normalized spacial score (nSPS) is 22.8. The molecule has 2 heterocycles. The highest BCUT2D eigenvalue weighted by atomic mass is 35.5. The first kappa shape index (κ1) is 15.6. The van der Waals surface area contributed by atoms with E-state index in [1.165, 1.54) is 0 Å². The van der Waals surface area contributed by atoms with Crippen molar-refractivity contribution < 1.29 is 9.53 Å². The smallest absolute Gasteiger partial charge is 0.253 e. The third-order valence-corrected chi connectivity index (χ3v) is 4.52. The van der Waals surface area contributed by atoms with Crippen LogP contribution in [0.2, 0.25) is 5.02 Å². The third-order valence-electron chi connectivity index (χ3n) is 4.28. The Morgan fingerprint density at radius 3 is 2.77 bits per heavy atom. The van der Waals surface area contributed by atoms with Gasteiger partial charge < -0.3 is 19.9 Å². The number of nitrogens with zero attached hydrogens (tertiary/aromatic N) is 2. The molecule has 0 aromatic heterocycles. The minimum atomic E-state index is -0.334. The zero-order chi connectivity index (χ0) is 15.5. The maximum absolute atomic E-state index is 12.3. The number of rotatable bonds is 3. The lowest BCUT2D eigenvalue weighted by molar-refractivity contribution is -0.124. The van der Waals surface area contributed by atoms with Crippen LogP contribution in [0.15, 0.2) is 18.2 Å². The predicted octanol–water partition coefficient (Wildman–Crippen LogP) is 2.21. The van der Waals surface area contributed by atoms with Crippen LogP contribution in [0, 0.1) is 0 Å². The number of benzene rings is 1. The van der Waals surface area contributed by atoms with Gasteiger partial charge in [-0.15, -0.1) is 0 Å². The molecule has 0 saturated carbocycles. The molecule has 1 N–H and O–H groups in total. The Hall–Kier alpha value is -1.30. The molecule has 22 heavy (non-hydrogen) atoms. The van der Waals surface area contributed by atoms with E-state index in [1.807, 2.05) is 18.2 Å². The van der Waals surface area contributed by atoms with Crippen molar-refractivity contribution in [1.82, 2.24) is 4.90 Å². The van der Waals surface area contributed by atoms with Crippen molar-refractivity contribution in [3.05, 3.63) is 23.2 Å². The average molecular weight is 324 g/mol. The van der Waals surface area contributed by atoms with Crippen LogP contribution in [0.3, 0.4) is 0 Å². The number of nitrogens with one attached hydrogen (secondary N) is 1. The molecule has 0 radical (unpaired) electrons. The van der Waals surface area contributed by atoms with Crippen molar-refractivity contribution in [1.29, 1.82) is 0 Å². The number of piperazine rings is 1. The highest BCUT2D eigenvalue weighted by molar-refractivity contribution is 6.31. The van der Waals surface area contributed by atoms with E-state index in [1.54, 1.807) is 0 Å². The Bertz CT molecular complexity index is 538. The monoisotopic (exact) mass is 323 g/mol. The summed E-state index contributed by atoms with van der Waals surface area (Å²) in [6.45, 7) is 4.59. The average Bonchev–Trinajstić information content (AvgIpc) is 3.03. The van der Waals surface area contributed by atoms with E-state index in [-0.39, 0.29) is 12.0 Å². The van der Waals surface area contributed by atoms with Crippen molar-refractivity contribution in [2.24, 2.45) is 0 Å². The zero-order valence-corrected chi connectivity index (χ0v) is 13.6. The molecular formula is C16H22ClN3O2. The molecule has 1 atom stereocenters. The molecule has 5 nitrogen and oxygen atoms in total. The Morgan fingerprint density at radius 1 is 1.32 bits per heavy atom. The van der Waals surface area contributed by atoms with E-state index in [0.29, 0.717) is 11.6 Å². The molecule has 3 rings (SSSR count). The van der Waals surface area contributed by atoms with E-state index in [4.69, 9.17) is 16.3 Å². The van der Waals surface area contributed by atoms with Gasteiger partial charge in [0, 0.05) is 37.8 Å². The summed E-state index contributed by atoms with van der Waals surface area (Å²) in [5, 5.41) is 3.62. The maximum Gasteiger partial charge on any atom is 0.253 e. The molecule has 2 saturated heterocycles. The molecule has 6 heteroatoms. The Labute approximate surface area is 136 Å². The second kappa shape index (κ2) is 6.86. The van der Waals surface area contributed by atoms with Gasteiger partial charge in [-0.2, -0.15) is 0 Å². The van der Waals surface area contributed by atoms with Crippen molar-refractivity contribution in [2.45, 2.75) is 18.9 Å². The van der Waals surface area contributed by atoms with Gasteiger partial charge in [0.1, 0.15) is 6.10 Å². The fraction of sp³-hybridized carbons (Fsp3) is 0.562. The lowest BCUT2D eigenvalue weighted by Gasteiger charge is -2.35. The Balaban J connectivity index is 1.77. The second-order valence-corrected chi connectivity index (χ2v) is 6.38. The lowest BCUT2D eigenvalue weighted by atomic mass is 10.2. The summed E-state index contributed by atoms with van der Waals surface area (Å²) in [6, 6.07) is 5.68. The van der Waals surface area contributed by atoms with E-state index < -0.39 is 0 Å². The van der Waals surface area contributed by atoms with Gasteiger partial charge in [0.15, 0.2) is 0 Å². The quantitative estimate of drug-likeness (QED) is 0.926. The summed E-state index contributed by atoms with van der Waals surface area (Å²) in [4.78, 5) is 16.9. The fourth-order valence-electron chi connectivity index (χ4n) is 2.93. The minimum absolute atomic E-state index is 0.0739. The van der Waals surface area contributed by atoms with Gasteiger partial charge in [0.05, 0.1) is 11.4 Å². The number of amides is 1. The number of carbonyl (C=O) groups excluding carboxylic acids is 1. The topological polar surface area (TPSA) is 44.8 Å². The van der Waals surface area contributed by atoms with Crippen LogP contribution in [0.5, 0.6) is 0 Å². The summed E-state index contributed by atoms with van der Waals surface area (Å²) >= 11 is 6.11. The van der Waals surface area contributed by atoms with E-state index >= 15 is 0 Å². The van der Waals surface area contributed by atoms with Crippen LogP contribution < -0.4 is 10.2 Å². The van der Waals surface area contributed by atoms with Crippen LogP contribution in [0.4, 0.5) is 11.4 Å². The first-order valence-corrected chi connectivity index (χ1v) is 8.17.